The van der Waals surface area contributed by atoms with Gasteiger partial charge in [-0.25, -0.2) is 0 Å². The van der Waals surface area contributed by atoms with Gasteiger partial charge in [0.15, 0.2) is 0 Å². The number of Topliss-reactive ketones (excluding diaryl/α,β-unsaturated/α-hetero) is 1. The molecule has 2 aliphatic heterocycles. The van der Waals surface area contributed by atoms with E-state index in [9.17, 15) is 4.79 Å². The monoisotopic (exact) mass is 389 g/mol. The van der Waals surface area contributed by atoms with Crippen molar-refractivity contribution in [2.75, 3.05) is 13.1 Å². The number of fused-ring (bicyclic) bond motifs is 1. The second kappa shape index (κ2) is 8.54. The first-order chi connectivity index (χ1) is 14.1. The molecule has 2 aromatic carbocycles. The maximum atomic E-state index is 12.5. The molecule has 4 rings (SSSR count). The zero-order valence-corrected chi connectivity index (χ0v) is 17.5. The first-order valence-electron chi connectivity index (χ1n) is 11.0. The van der Waals surface area contributed by atoms with Gasteiger partial charge in [-0.1, -0.05) is 56.3 Å². The van der Waals surface area contributed by atoms with E-state index in [1.54, 1.807) is 0 Å². The Morgan fingerprint density at radius 3 is 2.41 bits per heavy atom. The van der Waals surface area contributed by atoms with Crippen molar-refractivity contribution < 1.29 is 9.53 Å². The van der Waals surface area contributed by atoms with Crippen molar-refractivity contribution in [2.24, 2.45) is 5.92 Å². The summed E-state index contributed by atoms with van der Waals surface area (Å²) in [5.74, 6) is 1.51. The van der Waals surface area contributed by atoms with Crippen LogP contribution in [0.3, 0.4) is 0 Å². The molecule has 2 aromatic rings. The molecule has 0 radical (unpaired) electrons. The molecule has 1 spiro atoms. The fourth-order valence-corrected chi connectivity index (χ4v) is 4.59. The number of ether oxygens (including phenoxy) is 1. The molecular formula is C26H31NO2. The molecule has 1 saturated heterocycles. The molecular weight excluding hydrogens is 358 g/mol. The molecule has 0 saturated carbocycles. The molecule has 0 unspecified atom stereocenters. The van der Waals surface area contributed by atoms with Crippen molar-refractivity contribution in [1.29, 1.82) is 0 Å². The standard InChI is InChI=1S/C26H31NO2/c1-3-20(4-2)24(28)17-19-9-11-21(12-10-19)23-18-26(13-15-27-16-14-26)29-25-8-6-5-7-22(23)25/h5-12,18,20,27H,3-4,13-17H2,1-2H3. The Balaban J connectivity index is 1.63. The summed E-state index contributed by atoms with van der Waals surface area (Å²) in [6.07, 6.45) is 6.67. The van der Waals surface area contributed by atoms with Crippen molar-refractivity contribution in [2.45, 2.75) is 51.6 Å². The molecule has 3 nitrogen and oxygen atoms in total. The zero-order chi connectivity index (χ0) is 20.3. The molecule has 29 heavy (non-hydrogen) atoms. The third kappa shape index (κ3) is 4.16. The molecule has 3 heteroatoms. The smallest absolute Gasteiger partial charge is 0.140 e. The van der Waals surface area contributed by atoms with E-state index in [4.69, 9.17) is 4.74 Å². The summed E-state index contributed by atoms with van der Waals surface area (Å²) in [7, 11) is 0. The Labute approximate surface area is 174 Å². The first-order valence-corrected chi connectivity index (χ1v) is 11.0. The Morgan fingerprint density at radius 2 is 1.72 bits per heavy atom. The molecule has 2 aliphatic rings. The largest absolute Gasteiger partial charge is 0.482 e. The van der Waals surface area contributed by atoms with Crippen LogP contribution in [-0.2, 0) is 11.2 Å². The number of nitrogens with one attached hydrogen (secondary N) is 1. The van der Waals surface area contributed by atoms with Crippen molar-refractivity contribution in [1.82, 2.24) is 5.32 Å². The SMILES string of the molecule is CCC(CC)C(=O)Cc1ccc(C2=CC3(CCNCC3)Oc3ccccc32)cc1. The number of para-hydroxylation sites is 1. The molecule has 0 aromatic heterocycles. The maximum absolute atomic E-state index is 12.5. The van der Waals surface area contributed by atoms with Crippen LogP contribution in [0, 0.1) is 5.92 Å². The predicted octanol–water partition coefficient (Wildman–Crippen LogP) is 5.18. The minimum absolute atomic E-state index is 0.180. The highest BCUT2D eigenvalue weighted by atomic mass is 16.5. The minimum atomic E-state index is -0.223. The average molecular weight is 390 g/mol. The van der Waals surface area contributed by atoms with Gasteiger partial charge in [-0.3, -0.25) is 4.79 Å². The number of hydrogen-bond donors (Lipinski definition) is 1. The number of hydrogen-bond acceptors (Lipinski definition) is 3. The second-order valence-corrected chi connectivity index (χ2v) is 8.32. The third-order valence-electron chi connectivity index (χ3n) is 6.43. The van der Waals surface area contributed by atoms with Crippen LogP contribution in [0.2, 0.25) is 0 Å². The van der Waals surface area contributed by atoms with Gasteiger partial charge in [0.2, 0.25) is 0 Å². The van der Waals surface area contributed by atoms with Crippen molar-refractivity contribution in [3.63, 3.8) is 0 Å². The summed E-state index contributed by atoms with van der Waals surface area (Å²) in [4.78, 5) is 12.5. The molecule has 152 valence electrons. The lowest BCUT2D eigenvalue weighted by Crippen LogP contribution is -2.46. The number of rotatable bonds is 6. The Morgan fingerprint density at radius 1 is 1.03 bits per heavy atom. The number of benzene rings is 2. The lowest BCUT2D eigenvalue weighted by atomic mass is 9.83. The van der Waals surface area contributed by atoms with Crippen LogP contribution in [0.25, 0.3) is 5.57 Å². The van der Waals surface area contributed by atoms with Gasteiger partial charge in [0.25, 0.3) is 0 Å². The number of ketones is 1. The molecule has 0 atom stereocenters. The van der Waals surface area contributed by atoms with Crippen LogP contribution in [0.15, 0.2) is 54.6 Å². The second-order valence-electron chi connectivity index (χ2n) is 8.32. The van der Waals surface area contributed by atoms with E-state index in [1.165, 1.54) is 11.1 Å². The maximum Gasteiger partial charge on any atom is 0.140 e. The highest BCUT2D eigenvalue weighted by Crippen LogP contribution is 2.42. The number of carbonyl (C=O) groups excluding carboxylic acids is 1. The highest BCUT2D eigenvalue weighted by molar-refractivity contribution is 5.86. The summed E-state index contributed by atoms with van der Waals surface area (Å²) >= 11 is 0. The van der Waals surface area contributed by atoms with Gasteiger partial charge in [0.05, 0.1) is 0 Å². The fourth-order valence-electron chi connectivity index (χ4n) is 4.59. The van der Waals surface area contributed by atoms with Crippen molar-refractivity contribution in [3.8, 4) is 5.75 Å². The van der Waals surface area contributed by atoms with Crippen molar-refractivity contribution >= 4 is 11.4 Å². The van der Waals surface area contributed by atoms with Crippen LogP contribution < -0.4 is 10.1 Å². The van der Waals surface area contributed by atoms with E-state index in [-0.39, 0.29) is 11.5 Å². The van der Waals surface area contributed by atoms with Crippen LogP contribution in [0.1, 0.15) is 56.2 Å². The van der Waals surface area contributed by atoms with Gasteiger partial charge in [0, 0.05) is 30.7 Å². The third-order valence-corrected chi connectivity index (χ3v) is 6.43. The van der Waals surface area contributed by atoms with E-state index in [0.29, 0.717) is 12.2 Å². The highest BCUT2D eigenvalue weighted by Gasteiger charge is 2.36. The van der Waals surface area contributed by atoms with Gasteiger partial charge in [0.1, 0.15) is 17.1 Å². The summed E-state index contributed by atoms with van der Waals surface area (Å²) in [6.45, 7) is 6.15. The molecule has 0 bridgehead atoms. The normalized spacial score (nSPS) is 17.6. The van der Waals surface area contributed by atoms with E-state index >= 15 is 0 Å². The molecule has 1 N–H and O–H groups in total. The summed E-state index contributed by atoms with van der Waals surface area (Å²) in [5.41, 5.74) is 4.46. The van der Waals surface area contributed by atoms with Crippen LogP contribution in [-0.4, -0.2) is 24.5 Å². The molecule has 0 amide bonds. The topological polar surface area (TPSA) is 38.3 Å². The number of carbonyl (C=O) groups is 1. The van der Waals surface area contributed by atoms with Gasteiger partial charge in [-0.05, 0) is 54.8 Å². The van der Waals surface area contributed by atoms with E-state index in [2.05, 4.69) is 67.7 Å². The van der Waals surface area contributed by atoms with Crippen LogP contribution in [0.4, 0.5) is 0 Å². The van der Waals surface area contributed by atoms with Gasteiger partial charge in [-0.2, -0.15) is 0 Å². The zero-order valence-electron chi connectivity index (χ0n) is 17.5. The summed E-state index contributed by atoms with van der Waals surface area (Å²) in [5, 5.41) is 3.44. The van der Waals surface area contributed by atoms with E-state index in [0.717, 1.165) is 55.6 Å². The molecule has 2 heterocycles. The quantitative estimate of drug-likeness (QED) is 0.740. The number of piperidine rings is 1. The van der Waals surface area contributed by atoms with E-state index in [1.807, 2.05) is 6.07 Å². The summed E-state index contributed by atoms with van der Waals surface area (Å²) < 4.78 is 6.48. The average Bonchev–Trinajstić information content (AvgIpc) is 2.75. The Bertz CT molecular complexity index is 887. The minimum Gasteiger partial charge on any atom is -0.482 e. The fraction of sp³-hybridized carbons (Fsp3) is 0.423. The Hall–Kier alpha value is -2.39. The van der Waals surface area contributed by atoms with Gasteiger partial charge >= 0.3 is 0 Å². The van der Waals surface area contributed by atoms with Gasteiger partial charge in [-0.15, -0.1) is 0 Å². The molecule has 0 aliphatic carbocycles. The van der Waals surface area contributed by atoms with Crippen LogP contribution >= 0.6 is 0 Å². The summed E-state index contributed by atoms with van der Waals surface area (Å²) in [6, 6.07) is 16.9. The van der Waals surface area contributed by atoms with E-state index < -0.39 is 0 Å². The first kappa shape index (κ1) is 19.9. The Kier molecular flexibility index (Phi) is 5.86. The molecule has 1 fully saturated rings. The predicted molar refractivity (Wildman–Crippen MR) is 118 cm³/mol. The van der Waals surface area contributed by atoms with Gasteiger partial charge < -0.3 is 10.1 Å². The van der Waals surface area contributed by atoms with Crippen molar-refractivity contribution in [3.05, 3.63) is 71.3 Å². The lowest BCUT2D eigenvalue weighted by molar-refractivity contribution is -0.122. The lowest BCUT2D eigenvalue weighted by Gasteiger charge is -2.40. The van der Waals surface area contributed by atoms with Crippen LogP contribution in [0.5, 0.6) is 5.75 Å².